The van der Waals surface area contributed by atoms with E-state index >= 15 is 0 Å². The molecule has 1 saturated heterocycles. The van der Waals surface area contributed by atoms with Crippen LogP contribution >= 0.6 is 12.6 Å². The first-order valence-corrected chi connectivity index (χ1v) is 2.59. The molecule has 0 aliphatic carbocycles. The Kier molecular flexibility index (Phi) is 1.34. The van der Waals surface area contributed by atoms with Gasteiger partial charge in [-0.2, -0.15) is 18.1 Å². The topological polar surface area (TPSA) is 34.5 Å². The predicted molar refractivity (Wildman–Crippen MR) is 26.5 cm³/mol. The van der Waals surface area contributed by atoms with Crippen molar-refractivity contribution in [3.63, 3.8) is 0 Å². The van der Waals surface area contributed by atoms with Gasteiger partial charge in [0.05, 0.1) is 0 Å². The van der Waals surface area contributed by atoms with Crippen molar-refractivity contribution in [3.05, 3.63) is 0 Å². The molecular formula is C3H7NOS. The van der Waals surface area contributed by atoms with Gasteiger partial charge in [0.1, 0.15) is 0 Å². The maximum Gasteiger partial charge on any atom is 0.152 e. The lowest BCUT2D eigenvalue weighted by Gasteiger charge is -1.77. The maximum absolute atomic E-state index is 4.65. The van der Waals surface area contributed by atoms with Crippen molar-refractivity contribution in [2.24, 2.45) is 0 Å². The Labute approximate surface area is 42.2 Å². The van der Waals surface area contributed by atoms with E-state index < -0.39 is 0 Å². The van der Waals surface area contributed by atoms with Gasteiger partial charge in [0, 0.05) is 0 Å². The Hall–Kier alpha value is 0.270. The lowest BCUT2D eigenvalue weighted by Crippen LogP contribution is -1.88. The fourth-order valence-corrected chi connectivity index (χ4v) is 0.518. The van der Waals surface area contributed by atoms with Crippen LogP contribution in [0.4, 0.5) is 0 Å². The molecule has 0 bridgehead atoms. The van der Waals surface area contributed by atoms with Crippen molar-refractivity contribution in [1.82, 2.24) is 5.48 Å². The Morgan fingerprint density at radius 3 is 2.67 bits per heavy atom. The van der Waals surface area contributed by atoms with E-state index in [0.717, 1.165) is 12.2 Å². The maximum atomic E-state index is 4.65. The van der Waals surface area contributed by atoms with Crippen molar-refractivity contribution in [3.8, 4) is 0 Å². The molecule has 0 aromatic rings. The van der Waals surface area contributed by atoms with Gasteiger partial charge in [0.15, 0.2) is 6.23 Å². The first kappa shape index (κ1) is 4.43. The predicted octanol–water partition coefficient (Wildman–Crippen LogP) is 0.167. The smallest absolute Gasteiger partial charge is 0.152 e. The molecule has 1 unspecified atom stereocenters. The summed E-state index contributed by atoms with van der Waals surface area (Å²) >= 11 is 3.98. The van der Waals surface area contributed by atoms with E-state index in [1.165, 1.54) is 0 Å². The summed E-state index contributed by atoms with van der Waals surface area (Å²) in [5.74, 6) is 0.900. The Balaban J connectivity index is 1.88. The molecule has 3 heteroatoms. The van der Waals surface area contributed by atoms with Crippen molar-refractivity contribution in [2.75, 3.05) is 5.75 Å². The van der Waals surface area contributed by atoms with E-state index in [2.05, 4.69) is 22.9 Å². The Morgan fingerprint density at radius 1 is 1.83 bits per heavy atom. The SMILES string of the molecule is SCCC1NO1. The molecule has 0 spiro atoms. The number of rotatable bonds is 2. The lowest BCUT2D eigenvalue weighted by atomic mass is 10.5. The molecule has 1 rings (SSSR count). The molecule has 1 aliphatic heterocycles. The van der Waals surface area contributed by atoms with E-state index in [1.807, 2.05) is 0 Å². The third-order valence-corrected chi connectivity index (χ3v) is 0.934. The molecule has 0 saturated carbocycles. The molecule has 2 nitrogen and oxygen atoms in total. The monoisotopic (exact) mass is 105 g/mol. The second-order valence-electron chi connectivity index (χ2n) is 1.24. The van der Waals surface area contributed by atoms with Crippen LogP contribution in [-0.2, 0) is 4.84 Å². The van der Waals surface area contributed by atoms with Gasteiger partial charge in [-0.3, -0.25) is 4.84 Å². The third kappa shape index (κ3) is 1.16. The molecule has 0 aromatic heterocycles. The first-order valence-electron chi connectivity index (χ1n) is 1.95. The second-order valence-corrected chi connectivity index (χ2v) is 1.68. The molecule has 1 fully saturated rings. The van der Waals surface area contributed by atoms with Gasteiger partial charge >= 0.3 is 0 Å². The Morgan fingerprint density at radius 2 is 2.50 bits per heavy atom. The largest absolute Gasteiger partial charge is 0.278 e. The van der Waals surface area contributed by atoms with E-state index in [9.17, 15) is 0 Å². The van der Waals surface area contributed by atoms with Crippen LogP contribution in [-0.4, -0.2) is 12.0 Å². The molecule has 6 heavy (non-hydrogen) atoms. The van der Waals surface area contributed by atoms with E-state index in [1.54, 1.807) is 0 Å². The average Bonchev–Trinajstić information content (AvgIpc) is 2.21. The minimum absolute atomic E-state index is 0.322. The summed E-state index contributed by atoms with van der Waals surface area (Å²) in [4.78, 5) is 4.65. The van der Waals surface area contributed by atoms with Crippen LogP contribution in [0.1, 0.15) is 6.42 Å². The highest BCUT2D eigenvalue weighted by atomic mass is 32.1. The van der Waals surface area contributed by atoms with Crippen LogP contribution < -0.4 is 5.48 Å². The fourth-order valence-electron chi connectivity index (χ4n) is 0.283. The van der Waals surface area contributed by atoms with Gasteiger partial charge in [0.25, 0.3) is 0 Å². The highest BCUT2D eigenvalue weighted by molar-refractivity contribution is 7.80. The minimum atomic E-state index is 0.322. The summed E-state index contributed by atoms with van der Waals surface area (Å²) in [6, 6.07) is 0. The normalized spacial score (nSPS) is 30.5. The molecule has 0 amide bonds. The number of thiol groups is 1. The Bertz CT molecular complexity index is 46.1. The summed E-state index contributed by atoms with van der Waals surface area (Å²) in [6.45, 7) is 0. The average molecular weight is 105 g/mol. The van der Waals surface area contributed by atoms with Gasteiger partial charge in [-0.25, -0.2) is 0 Å². The van der Waals surface area contributed by atoms with Crippen LogP contribution in [0.25, 0.3) is 0 Å². The van der Waals surface area contributed by atoms with E-state index in [0.29, 0.717) is 6.23 Å². The lowest BCUT2D eigenvalue weighted by molar-refractivity contribution is 0.368. The summed E-state index contributed by atoms with van der Waals surface area (Å²) in [5.41, 5.74) is 2.69. The summed E-state index contributed by atoms with van der Waals surface area (Å²) in [6.07, 6.45) is 1.34. The van der Waals surface area contributed by atoms with Crippen LogP contribution in [0.3, 0.4) is 0 Å². The number of nitrogens with one attached hydrogen (secondary N) is 1. The zero-order chi connectivity index (χ0) is 4.41. The molecule has 1 aliphatic rings. The first-order chi connectivity index (χ1) is 2.93. The van der Waals surface area contributed by atoms with Crippen LogP contribution in [0.2, 0.25) is 0 Å². The molecule has 1 atom stereocenters. The zero-order valence-electron chi connectivity index (χ0n) is 3.35. The number of hydrogen-bond donors (Lipinski definition) is 2. The van der Waals surface area contributed by atoms with Gasteiger partial charge in [0.2, 0.25) is 0 Å². The standard InChI is InChI=1S/C3H7NOS/c6-2-1-3-4-5-3/h3-4,6H,1-2H2. The van der Waals surface area contributed by atoms with Crippen molar-refractivity contribution in [1.29, 1.82) is 0 Å². The molecule has 1 N–H and O–H groups in total. The highest BCUT2D eigenvalue weighted by Gasteiger charge is 2.19. The van der Waals surface area contributed by atoms with Crippen molar-refractivity contribution in [2.45, 2.75) is 12.6 Å². The molecule has 36 valence electrons. The van der Waals surface area contributed by atoms with Crippen LogP contribution in [0.15, 0.2) is 0 Å². The van der Waals surface area contributed by atoms with E-state index in [4.69, 9.17) is 0 Å². The fraction of sp³-hybridized carbons (Fsp3) is 1.00. The van der Waals surface area contributed by atoms with Crippen molar-refractivity contribution < 1.29 is 4.84 Å². The van der Waals surface area contributed by atoms with E-state index in [-0.39, 0.29) is 0 Å². The van der Waals surface area contributed by atoms with Gasteiger partial charge in [-0.05, 0) is 12.2 Å². The quantitative estimate of drug-likeness (QED) is 0.387. The van der Waals surface area contributed by atoms with Crippen LogP contribution in [0, 0.1) is 0 Å². The zero-order valence-corrected chi connectivity index (χ0v) is 4.24. The highest BCUT2D eigenvalue weighted by Crippen LogP contribution is 2.04. The summed E-state index contributed by atoms with van der Waals surface area (Å²) < 4.78 is 0. The van der Waals surface area contributed by atoms with Gasteiger partial charge in [-0.15, -0.1) is 0 Å². The second kappa shape index (κ2) is 1.82. The minimum Gasteiger partial charge on any atom is -0.278 e. The van der Waals surface area contributed by atoms with Gasteiger partial charge in [-0.1, -0.05) is 0 Å². The molecule has 0 aromatic carbocycles. The molecule has 1 heterocycles. The van der Waals surface area contributed by atoms with Crippen LogP contribution in [0.5, 0.6) is 0 Å². The summed E-state index contributed by atoms with van der Waals surface area (Å²) in [5, 5.41) is 0. The van der Waals surface area contributed by atoms with Gasteiger partial charge < -0.3 is 0 Å². The summed E-state index contributed by atoms with van der Waals surface area (Å²) in [7, 11) is 0. The van der Waals surface area contributed by atoms with Crippen molar-refractivity contribution >= 4 is 12.6 Å². The molecular weight excluding hydrogens is 98.1 g/mol. The third-order valence-electron chi connectivity index (χ3n) is 0.676. The molecule has 0 radical (unpaired) electrons. The number of hydrogen-bond acceptors (Lipinski definition) is 3. The number of hydroxylamine groups is 1.